The number of phenolic OH excluding ortho intramolecular Hbond substituents is 1. The first-order valence-corrected chi connectivity index (χ1v) is 19.3. The lowest BCUT2D eigenvalue weighted by Crippen LogP contribution is -2.56. The first-order chi connectivity index (χ1) is 25.2. The van der Waals surface area contributed by atoms with Crippen molar-refractivity contribution in [1.82, 2.24) is 9.96 Å². The van der Waals surface area contributed by atoms with E-state index >= 15 is 0 Å². The van der Waals surface area contributed by atoms with Crippen molar-refractivity contribution in [3.8, 4) is 5.75 Å². The Morgan fingerprint density at radius 3 is 1.63 bits per heavy atom. The fourth-order valence-electron chi connectivity index (χ4n) is 7.14. The van der Waals surface area contributed by atoms with E-state index in [0.717, 1.165) is 29.5 Å². The molecule has 0 radical (unpaired) electrons. The van der Waals surface area contributed by atoms with E-state index < -0.39 is 46.1 Å². The number of esters is 2. The second kappa shape index (κ2) is 17.9. The summed E-state index contributed by atoms with van der Waals surface area (Å²) in [5, 5.41) is 11.4. The summed E-state index contributed by atoms with van der Waals surface area (Å²) in [6, 6.07) is 26.0. The van der Waals surface area contributed by atoms with E-state index in [1.54, 1.807) is 45.0 Å². The number of nitrogens with zero attached hydrogens (tertiary/aromatic N) is 2. The molecule has 2 atom stereocenters. The molecule has 1 aliphatic carbocycles. The first-order valence-electron chi connectivity index (χ1n) is 19.3. The summed E-state index contributed by atoms with van der Waals surface area (Å²) in [6.45, 7) is 18.3. The molecule has 1 aliphatic rings. The van der Waals surface area contributed by atoms with Crippen LogP contribution in [-0.2, 0) is 48.2 Å². The highest BCUT2D eigenvalue weighted by Crippen LogP contribution is 2.46. The summed E-state index contributed by atoms with van der Waals surface area (Å²) in [5.74, 6) is -1.85. The number of carbonyl (C=O) groups excluding carboxylic acids is 3. The van der Waals surface area contributed by atoms with Crippen molar-refractivity contribution in [2.24, 2.45) is 11.3 Å². The monoisotopic (exact) mass is 742 g/mol. The Labute approximate surface area is 322 Å². The minimum Gasteiger partial charge on any atom is -0.508 e. The van der Waals surface area contributed by atoms with E-state index in [2.05, 4.69) is 29.2 Å². The summed E-state index contributed by atoms with van der Waals surface area (Å²) >= 11 is 0. The molecule has 0 amide bonds. The van der Waals surface area contributed by atoms with Crippen LogP contribution in [-0.4, -0.2) is 62.3 Å². The molecule has 1 fully saturated rings. The van der Waals surface area contributed by atoms with Crippen molar-refractivity contribution in [2.45, 2.75) is 137 Å². The van der Waals surface area contributed by atoms with Gasteiger partial charge >= 0.3 is 17.9 Å². The third kappa shape index (κ3) is 13.0. The van der Waals surface area contributed by atoms with Crippen LogP contribution in [0.3, 0.4) is 0 Å². The van der Waals surface area contributed by atoms with E-state index in [-0.39, 0.29) is 24.6 Å². The molecule has 3 aromatic rings. The molecule has 3 aromatic carbocycles. The third-order valence-corrected chi connectivity index (χ3v) is 9.52. The quantitative estimate of drug-likeness (QED) is 0.121. The van der Waals surface area contributed by atoms with Gasteiger partial charge in [-0.25, -0.2) is 4.79 Å². The maximum absolute atomic E-state index is 14.8. The molecule has 0 aliphatic heterocycles. The van der Waals surface area contributed by atoms with Crippen molar-refractivity contribution >= 4 is 17.9 Å². The number of phenols is 1. The van der Waals surface area contributed by atoms with Crippen molar-refractivity contribution < 1.29 is 33.8 Å². The molecule has 0 spiro atoms. The zero-order valence-electron chi connectivity index (χ0n) is 33.9. The highest BCUT2D eigenvalue weighted by atomic mass is 16.7. The molecule has 0 saturated heterocycles. The summed E-state index contributed by atoms with van der Waals surface area (Å²) in [7, 11) is 0. The third-order valence-electron chi connectivity index (χ3n) is 9.52. The molecule has 0 aromatic heterocycles. The van der Waals surface area contributed by atoms with Crippen LogP contribution in [0.2, 0.25) is 0 Å². The zero-order valence-corrected chi connectivity index (χ0v) is 33.9. The van der Waals surface area contributed by atoms with Crippen molar-refractivity contribution in [3.05, 3.63) is 102 Å². The number of benzene rings is 3. The predicted octanol–water partition coefficient (Wildman–Crippen LogP) is 8.81. The van der Waals surface area contributed by atoms with Crippen molar-refractivity contribution in [1.29, 1.82) is 0 Å². The standard InChI is InChI=1S/C45H62N2O7/c1-42(2,3)47(38(40(50)53-44(7,8)9)28-33-22-24-37(48)25-23-33)54-41(51)45(26-16-17-27-45)29-36(39(49)52-43(4,5)6)32-46(30-34-18-12-10-13-19-34)31-35-20-14-11-15-21-35/h10-15,18-25,36,38,48H,16-17,26-32H2,1-9H3/t36?,38-/m0/s1. The molecule has 4 rings (SSSR count). The Kier molecular flexibility index (Phi) is 14.1. The topological polar surface area (TPSA) is 106 Å². The smallest absolute Gasteiger partial charge is 0.331 e. The van der Waals surface area contributed by atoms with Crippen LogP contribution in [0.15, 0.2) is 84.9 Å². The van der Waals surface area contributed by atoms with Crippen molar-refractivity contribution in [3.63, 3.8) is 0 Å². The summed E-state index contributed by atoms with van der Waals surface area (Å²) < 4.78 is 12.0. The molecule has 294 valence electrons. The SMILES string of the molecule is CC(C)(C)OC(=O)C(CN(Cc1ccccc1)Cc1ccccc1)CC1(C(=O)ON([C@@H](Cc2ccc(O)cc2)C(=O)OC(C)(C)C)C(C)(C)C)CCCC1. The number of aromatic hydroxyl groups is 1. The van der Waals surface area contributed by atoms with Gasteiger partial charge in [0.05, 0.1) is 11.3 Å². The summed E-state index contributed by atoms with van der Waals surface area (Å²) in [4.78, 5) is 51.7. The van der Waals surface area contributed by atoms with Gasteiger partial charge in [0, 0.05) is 31.6 Å². The summed E-state index contributed by atoms with van der Waals surface area (Å²) in [6.07, 6.45) is 3.15. The minimum absolute atomic E-state index is 0.112. The maximum atomic E-state index is 14.8. The lowest BCUT2D eigenvalue weighted by atomic mass is 9.77. The average molecular weight is 743 g/mol. The number of ether oxygens (including phenoxy) is 2. The number of carbonyl (C=O) groups is 3. The molecule has 0 heterocycles. The Morgan fingerprint density at radius 1 is 0.685 bits per heavy atom. The van der Waals surface area contributed by atoms with Gasteiger partial charge in [0.15, 0.2) is 0 Å². The Hall–Kier alpha value is -4.21. The van der Waals surface area contributed by atoms with Crippen LogP contribution in [0.5, 0.6) is 5.75 Å². The van der Waals surface area contributed by atoms with Crippen LogP contribution in [0, 0.1) is 11.3 Å². The van der Waals surface area contributed by atoms with Gasteiger partial charge in [-0.05, 0) is 110 Å². The fraction of sp³-hybridized carbons (Fsp3) is 0.533. The predicted molar refractivity (Wildman–Crippen MR) is 211 cm³/mol. The molecular formula is C45H62N2O7. The van der Waals surface area contributed by atoms with Gasteiger partial charge < -0.3 is 19.4 Å². The maximum Gasteiger partial charge on any atom is 0.331 e. The van der Waals surface area contributed by atoms with E-state index in [1.807, 2.05) is 77.9 Å². The van der Waals surface area contributed by atoms with Crippen molar-refractivity contribution in [2.75, 3.05) is 6.54 Å². The van der Waals surface area contributed by atoms with Gasteiger partial charge in [-0.1, -0.05) is 85.6 Å². The number of hydrogen-bond donors (Lipinski definition) is 1. The molecule has 1 N–H and O–H groups in total. The highest BCUT2D eigenvalue weighted by Gasteiger charge is 2.49. The second-order valence-electron chi connectivity index (χ2n) is 17.9. The lowest BCUT2D eigenvalue weighted by Gasteiger charge is -2.41. The minimum atomic E-state index is -0.981. The molecule has 1 unspecified atom stereocenters. The van der Waals surface area contributed by atoms with Crippen LogP contribution in [0.25, 0.3) is 0 Å². The molecule has 1 saturated carbocycles. The van der Waals surface area contributed by atoms with Gasteiger partial charge in [-0.15, -0.1) is 5.06 Å². The van der Waals surface area contributed by atoms with Gasteiger partial charge in [0.25, 0.3) is 0 Å². The van der Waals surface area contributed by atoms with Gasteiger partial charge in [0.1, 0.15) is 23.0 Å². The molecule has 54 heavy (non-hydrogen) atoms. The van der Waals surface area contributed by atoms with E-state index in [1.165, 1.54) is 5.06 Å². The Balaban J connectivity index is 1.70. The first kappa shape index (κ1) is 42.5. The van der Waals surface area contributed by atoms with E-state index in [9.17, 15) is 19.5 Å². The molecular weight excluding hydrogens is 681 g/mol. The van der Waals surface area contributed by atoms with Crippen LogP contribution < -0.4 is 0 Å². The normalized spacial score (nSPS) is 15.8. The van der Waals surface area contributed by atoms with Gasteiger partial charge in [-0.3, -0.25) is 14.5 Å². The molecule has 9 heteroatoms. The van der Waals surface area contributed by atoms with Crippen LogP contribution in [0.1, 0.15) is 111 Å². The van der Waals surface area contributed by atoms with Crippen LogP contribution in [0.4, 0.5) is 0 Å². The summed E-state index contributed by atoms with van der Waals surface area (Å²) in [5.41, 5.74) is -0.278. The molecule has 9 nitrogen and oxygen atoms in total. The number of hydroxylamine groups is 2. The Morgan fingerprint density at radius 2 is 1.17 bits per heavy atom. The van der Waals surface area contributed by atoms with Gasteiger partial charge in [0.2, 0.25) is 0 Å². The number of rotatable bonds is 15. The Bertz CT molecular complexity index is 1610. The highest BCUT2D eigenvalue weighted by molar-refractivity contribution is 5.81. The van der Waals surface area contributed by atoms with Crippen LogP contribution >= 0.6 is 0 Å². The second-order valence-corrected chi connectivity index (χ2v) is 17.9. The van der Waals surface area contributed by atoms with Gasteiger partial charge in [-0.2, -0.15) is 0 Å². The lowest BCUT2D eigenvalue weighted by molar-refractivity contribution is -0.245. The number of hydrogen-bond acceptors (Lipinski definition) is 9. The van der Waals surface area contributed by atoms with E-state index in [0.29, 0.717) is 32.5 Å². The molecule has 0 bridgehead atoms. The fourth-order valence-corrected chi connectivity index (χ4v) is 7.14. The average Bonchev–Trinajstić information content (AvgIpc) is 3.55. The zero-order chi connectivity index (χ0) is 39.7. The van der Waals surface area contributed by atoms with E-state index in [4.69, 9.17) is 14.3 Å². The largest absolute Gasteiger partial charge is 0.508 e.